The molecular formula is C8H16N4O4. The molecule has 0 saturated heterocycles. The topological polar surface area (TPSA) is 148 Å². The summed E-state index contributed by atoms with van der Waals surface area (Å²) in [5.41, 5.74) is 10.1. The molecule has 0 aliphatic heterocycles. The van der Waals surface area contributed by atoms with Gasteiger partial charge in [0.1, 0.15) is 12.1 Å². The first-order chi connectivity index (χ1) is 7.38. The van der Waals surface area contributed by atoms with Crippen molar-refractivity contribution in [2.75, 3.05) is 13.2 Å². The summed E-state index contributed by atoms with van der Waals surface area (Å²) < 4.78 is 0. The number of hydrogen-bond acceptors (Lipinski definition) is 5. The Morgan fingerprint density at radius 3 is 2.38 bits per heavy atom. The van der Waals surface area contributed by atoms with E-state index in [1.54, 1.807) is 0 Å². The van der Waals surface area contributed by atoms with Crippen molar-refractivity contribution in [1.29, 1.82) is 0 Å². The number of aliphatic hydroxyl groups is 1. The minimum atomic E-state index is -1.07. The second-order valence-electron chi connectivity index (χ2n) is 3.20. The van der Waals surface area contributed by atoms with Crippen LogP contribution in [0.1, 0.15) is 6.92 Å². The van der Waals surface area contributed by atoms with E-state index in [1.807, 2.05) is 0 Å². The number of aliphatic hydroxyl groups excluding tert-OH is 1. The lowest BCUT2D eigenvalue weighted by Crippen LogP contribution is -2.49. The lowest BCUT2D eigenvalue weighted by atomic mass is 10.3. The molecule has 0 radical (unpaired) electrons. The minimum absolute atomic E-state index is 0.329. The lowest BCUT2D eigenvalue weighted by Gasteiger charge is -2.12. The van der Waals surface area contributed by atoms with Gasteiger partial charge in [-0.25, -0.2) is 0 Å². The van der Waals surface area contributed by atoms with Gasteiger partial charge >= 0.3 is 0 Å². The molecule has 0 aromatic heterocycles. The molecule has 3 amide bonds. The predicted octanol–water partition coefficient (Wildman–Crippen LogP) is -3.59. The van der Waals surface area contributed by atoms with Crippen LogP contribution in [0.4, 0.5) is 0 Å². The van der Waals surface area contributed by atoms with Gasteiger partial charge in [-0.1, -0.05) is 0 Å². The van der Waals surface area contributed by atoms with Crippen molar-refractivity contribution < 1.29 is 19.5 Å². The molecule has 0 heterocycles. The van der Waals surface area contributed by atoms with E-state index < -0.39 is 36.4 Å². The van der Waals surface area contributed by atoms with Crippen LogP contribution in [0.5, 0.6) is 0 Å². The zero-order valence-corrected chi connectivity index (χ0v) is 8.90. The van der Waals surface area contributed by atoms with Gasteiger partial charge in [0.15, 0.2) is 0 Å². The van der Waals surface area contributed by atoms with E-state index in [-0.39, 0.29) is 6.54 Å². The van der Waals surface area contributed by atoms with Crippen LogP contribution in [-0.2, 0) is 14.4 Å². The molecule has 7 N–H and O–H groups in total. The van der Waals surface area contributed by atoms with E-state index in [2.05, 4.69) is 10.6 Å². The molecule has 0 bridgehead atoms. The largest absolute Gasteiger partial charge is 0.394 e. The molecule has 16 heavy (non-hydrogen) atoms. The van der Waals surface area contributed by atoms with Gasteiger partial charge in [-0.2, -0.15) is 0 Å². The quantitative estimate of drug-likeness (QED) is 0.321. The molecule has 92 valence electrons. The molecule has 0 saturated carbocycles. The highest BCUT2D eigenvalue weighted by Gasteiger charge is 2.15. The number of nitrogens with two attached hydrogens (primary N) is 2. The maximum Gasteiger partial charge on any atom is 0.240 e. The molecule has 8 heteroatoms. The van der Waals surface area contributed by atoms with Gasteiger partial charge in [-0.05, 0) is 6.92 Å². The number of hydrogen-bond donors (Lipinski definition) is 5. The summed E-state index contributed by atoms with van der Waals surface area (Å²) in [6, 6.07) is -1.88. The smallest absolute Gasteiger partial charge is 0.240 e. The molecule has 0 aromatic carbocycles. The summed E-state index contributed by atoms with van der Waals surface area (Å²) in [5.74, 6) is -1.89. The highest BCUT2D eigenvalue weighted by molar-refractivity contribution is 5.90. The van der Waals surface area contributed by atoms with Crippen molar-refractivity contribution in [3.63, 3.8) is 0 Å². The van der Waals surface area contributed by atoms with E-state index in [0.717, 1.165) is 0 Å². The van der Waals surface area contributed by atoms with E-state index in [9.17, 15) is 14.4 Å². The molecule has 0 fully saturated rings. The summed E-state index contributed by atoms with van der Waals surface area (Å²) in [6.45, 7) is 0.580. The number of carbonyl (C=O) groups is 3. The van der Waals surface area contributed by atoms with Crippen LogP contribution in [-0.4, -0.2) is 48.1 Å². The standard InChI is InChI=1S/C8H16N4O4/c1-4(7(10)15)12-6(14)2-11-8(16)5(9)3-13/h4-5,13H,2-3,9H2,1H3,(H2,10,15)(H,11,16)(H,12,14)/t4-,5-/m0/s1. The Labute approximate surface area is 92.4 Å². The zero-order chi connectivity index (χ0) is 12.7. The summed E-state index contributed by atoms with van der Waals surface area (Å²) >= 11 is 0. The van der Waals surface area contributed by atoms with Crippen molar-refractivity contribution >= 4 is 17.7 Å². The molecule has 0 aliphatic rings. The number of carbonyl (C=O) groups excluding carboxylic acids is 3. The third-order valence-corrected chi connectivity index (χ3v) is 1.76. The van der Waals surface area contributed by atoms with Crippen LogP contribution in [0.15, 0.2) is 0 Å². The van der Waals surface area contributed by atoms with Crippen molar-refractivity contribution in [2.45, 2.75) is 19.0 Å². The maximum absolute atomic E-state index is 11.1. The van der Waals surface area contributed by atoms with Crippen LogP contribution < -0.4 is 22.1 Å². The molecule has 0 aromatic rings. The summed E-state index contributed by atoms with van der Waals surface area (Å²) in [7, 11) is 0. The van der Waals surface area contributed by atoms with Gasteiger partial charge < -0.3 is 27.2 Å². The Bertz CT molecular complexity index is 281. The first kappa shape index (κ1) is 14.3. The van der Waals surface area contributed by atoms with Gasteiger partial charge in [-0.15, -0.1) is 0 Å². The first-order valence-corrected chi connectivity index (χ1v) is 4.61. The van der Waals surface area contributed by atoms with Crippen molar-refractivity contribution in [2.24, 2.45) is 11.5 Å². The Balaban J connectivity index is 3.90. The number of rotatable bonds is 6. The SMILES string of the molecule is C[C@H](NC(=O)CNC(=O)[C@@H](N)CO)C(N)=O. The molecule has 0 rings (SSSR count). The van der Waals surface area contributed by atoms with E-state index in [4.69, 9.17) is 16.6 Å². The van der Waals surface area contributed by atoms with E-state index in [0.29, 0.717) is 0 Å². The Hall–Kier alpha value is -1.67. The number of primary amides is 1. The van der Waals surface area contributed by atoms with Gasteiger partial charge in [0, 0.05) is 0 Å². The fourth-order valence-corrected chi connectivity index (χ4v) is 0.745. The molecular weight excluding hydrogens is 216 g/mol. The third kappa shape index (κ3) is 5.27. The first-order valence-electron chi connectivity index (χ1n) is 4.61. The number of nitrogens with one attached hydrogen (secondary N) is 2. The molecule has 0 spiro atoms. The second kappa shape index (κ2) is 6.75. The molecule has 0 aliphatic carbocycles. The van der Waals surface area contributed by atoms with Crippen LogP contribution in [0.25, 0.3) is 0 Å². The monoisotopic (exact) mass is 232 g/mol. The molecule has 8 nitrogen and oxygen atoms in total. The summed E-state index contributed by atoms with van der Waals surface area (Å²) in [6.07, 6.45) is 0. The average Bonchev–Trinajstić information content (AvgIpc) is 2.24. The fraction of sp³-hybridized carbons (Fsp3) is 0.625. The van der Waals surface area contributed by atoms with Crippen LogP contribution in [0.2, 0.25) is 0 Å². The van der Waals surface area contributed by atoms with Crippen LogP contribution in [0.3, 0.4) is 0 Å². The number of amides is 3. The molecule has 2 atom stereocenters. The normalized spacial score (nSPS) is 13.7. The van der Waals surface area contributed by atoms with E-state index in [1.165, 1.54) is 6.92 Å². The summed E-state index contributed by atoms with van der Waals surface area (Å²) in [4.78, 5) is 32.8. The Morgan fingerprint density at radius 2 is 1.94 bits per heavy atom. The fourth-order valence-electron chi connectivity index (χ4n) is 0.745. The maximum atomic E-state index is 11.1. The Kier molecular flexibility index (Phi) is 6.04. The highest BCUT2D eigenvalue weighted by Crippen LogP contribution is 1.80. The second-order valence-corrected chi connectivity index (χ2v) is 3.20. The van der Waals surface area contributed by atoms with E-state index >= 15 is 0 Å². The lowest BCUT2D eigenvalue weighted by molar-refractivity contribution is -0.129. The van der Waals surface area contributed by atoms with Gasteiger partial charge in [0.25, 0.3) is 0 Å². The highest BCUT2D eigenvalue weighted by atomic mass is 16.3. The average molecular weight is 232 g/mol. The summed E-state index contributed by atoms with van der Waals surface area (Å²) in [5, 5.41) is 13.0. The third-order valence-electron chi connectivity index (χ3n) is 1.76. The van der Waals surface area contributed by atoms with Gasteiger partial charge in [0.05, 0.1) is 13.2 Å². The van der Waals surface area contributed by atoms with Crippen molar-refractivity contribution in [3.8, 4) is 0 Å². The Morgan fingerprint density at radius 1 is 1.38 bits per heavy atom. The van der Waals surface area contributed by atoms with Crippen molar-refractivity contribution in [3.05, 3.63) is 0 Å². The van der Waals surface area contributed by atoms with Gasteiger partial charge in [-0.3, -0.25) is 14.4 Å². The molecule has 0 unspecified atom stereocenters. The predicted molar refractivity (Wildman–Crippen MR) is 54.9 cm³/mol. The zero-order valence-electron chi connectivity index (χ0n) is 8.90. The van der Waals surface area contributed by atoms with Crippen LogP contribution >= 0.6 is 0 Å². The van der Waals surface area contributed by atoms with Crippen LogP contribution in [0, 0.1) is 0 Å². The minimum Gasteiger partial charge on any atom is -0.394 e. The van der Waals surface area contributed by atoms with Crippen molar-refractivity contribution in [1.82, 2.24) is 10.6 Å². The van der Waals surface area contributed by atoms with Gasteiger partial charge in [0.2, 0.25) is 17.7 Å².